The lowest BCUT2D eigenvalue weighted by atomic mass is 9.62. The molecule has 2 heterocycles. The molecule has 0 spiro atoms. The van der Waals surface area contributed by atoms with Gasteiger partial charge in [-0.05, 0) is 11.5 Å². The van der Waals surface area contributed by atoms with Gasteiger partial charge in [-0.3, -0.25) is 4.74 Å². The summed E-state index contributed by atoms with van der Waals surface area (Å²) in [6.45, 7) is 5.64. The number of carbonyl (C=O) groups is 1. The largest absolute Gasteiger partial charge is 0.467 e. The summed E-state index contributed by atoms with van der Waals surface area (Å²) in [4.78, 5) is 17.5. The third-order valence-electron chi connectivity index (χ3n) is 4.66. The number of ether oxygens (including phenoxy) is 4. The number of esters is 1. The maximum atomic E-state index is 12.8. The smallest absolute Gasteiger partial charge is 0.360 e. The van der Waals surface area contributed by atoms with E-state index in [0.29, 0.717) is 11.5 Å². The van der Waals surface area contributed by atoms with Crippen molar-refractivity contribution in [2.45, 2.75) is 37.9 Å². The summed E-state index contributed by atoms with van der Waals surface area (Å²) in [6, 6.07) is 9.21. The Kier molecular flexibility index (Phi) is 3.50. The van der Waals surface area contributed by atoms with Gasteiger partial charge in [0.05, 0.1) is 7.11 Å². The first-order valence-electron chi connectivity index (χ1n) is 7.55. The topological polar surface area (TPSA) is 66.4 Å². The summed E-state index contributed by atoms with van der Waals surface area (Å²) in [5, 5.41) is 0. The molecule has 23 heavy (non-hydrogen) atoms. The normalized spacial score (nSPS) is 35.1. The molecule has 6 heteroatoms. The van der Waals surface area contributed by atoms with Gasteiger partial charge in [0.2, 0.25) is 11.1 Å². The van der Waals surface area contributed by atoms with Crippen LogP contribution in [0, 0.1) is 5.92 Å². The molecule has 0 aliphatic carbocycles. The summed E-state index contributed by atoms with van der Waals surface area (Å²) in [5.41, 5.74) is -1.81. The van der Waals surface area contributed by atoms with Crippen molar-refractivity contribution < 1.29 is 23.7 Å². The van der Waals surface area contributed by atoms with Gasteiger partial charge in [0.25, 0.3) is 0 Å². The Balaban J connectivity index is 2.28. The number of rotatable bonds is 4. The van der Waals surface area contributed by atoms with E-state index in [4.69, 9.17) is 18.9 Å². The van der Waals surface area contributed by atoms with E-state index in [9.17, 15) is 4.79 Å². The second kappa shape index (κ2) is 5.04. The molecule has 1 saturated heterocycles. The number of hydrogen-bond donors (Lipinski definition) is 0. The monoisotopic (exact) mass is 319 g/mol. The van der Waals surface area contributed by atoms with Crippen LogP contribution in [0.15, 0.2) is 35.3 Å². The van der Waals surface area contributed by atoms with Gasteiger partial charge >= 0.3 is 11.9 Å². The quantitative estimate of drug-likeness (QED) is 0.796. The molecule has 124 valence electrons. The van der Waals surface area contributed by atoms with E-state index in [1.165, 1.54) is 14.2 Å². The highest BCUT2D eigenvalue weighted by Gasteiger charge is 2.87. The highest BCUT2D eigenvalue weighted by Crippen LogP contribution is 2.65. The lowest BCUT2D eigenvalue weighted by Gasteiger charge is -2.61. The van der Waals surface area contributed by atoms with Gasteiger partial charge in [-0.2, -0.15) is 0 Å². The minimum absolute atomic E-state index is 0.104. The highest BCUT2D eigenvalue weighted by atomic mass is 16.9. The first-order valence-corrected chi connectivity index (χ1v) is 7.55. The molecule has 0 amide bonds. The van der Waals surface area contributed by atoms with Gasteiger partial charge in [-0.1, -0.05) is 44.2 Å². The lowest BCUT2D eigenvalue weighted by molar-refractivity contribution is -0.497. The molecule has 1 aromatic carbocycles. The predicted molar refractivity (Wildman–Crippen MR) is 82.7 cm³/mol. The fourth-order valence-electron chi connectivity index (χ4n) is 3.78. The predicted octanol–water partition coefficient (Wildman–Crippen LogP) is 2.23. The third kappa shape index (κ3) is 1.65. The highest BCUT2D eigenvalue weighted by molar-refractivity contribution is 5.88. The zero-order chi connectivity index (χ0) is 16.9. The van der Waals surface area contributed by atoms with Crippen molar-refractivity contribution >= 4 is 11.9 Å². The van der Waals surface area contributed by atoms with Crippen molar-refractivity contribution in [3.8, 4) is 0 Å². The second-order valence-corrected chi connectivity index (χ2v) is 6.06. The number of hydrogen-bond acceptors (Lipinski definition) is 6. The average molecular weight is 319 g/mol. The Morgan fingerprint density at radius 3 is 2.39 bits per heavy atom. The first-order chi connectivity index (χ1) is 10.9. The molecule has 2 aliphatic rings. The number of benzene rings is 1. The van der Waals surface area contributed by atoms with Crippen molar-refractivity contribution in [1.82, 2.24) is 0 Å². The zero-order valence-corrected chi connectivity index (χ0v) is 14.0. The van der Waals surface area contributed by atoms with E-state index < -0.39 is 23.1 Å². The molecule has 0 saturated carbocycles. The summed E-state index contributed by atoms with van der Waals surface area (Å²) < 4.78 is 22.4. The van der Waals surface area contributed by atoms with E-state index >= 15 is 0 Å². The van der Waals surface area contributed by atoms with Crippen LogP contribution in [0.5, 0.6) is 0 Å². The van der Waals surface area contributed by atoms with Crippen LogP contribution in [0.3, 0.4) is 0 Å². The SMILES string of the molecule is COC(=O)[C@]1(c2ccccc2)O[C@]2(OC)OC(C)=N[C@@]21C(C)C. The van der Waals surface area contributed by atoms with Gasteiger partial charge in [-0.25, -0.2) is 9.79 Å². The van der Waals surface area contributed by atoms with Crippen molar-refractivity contribution in [3.63, 3.8) is 0 Å². The van der Waals surface area contributed by atoms with Crippen LogP contribution < -0.4 is 0 Å². The van der Waals surface area contributed by atoms with E-state index in [-0.39, 0.29) is 5.92 Å². The summed E-state index contributed by atoms with van der Waals surface area (Å²) >= 11 is 0. The number of fused-ring (bicyclic) bond motifs is 1. The van der Waals surface area contributed by atoms with Crippen molar-refractivity contribution in [2.75, 3.05) is 14.2 Å². The van der Waals surface area contributed by atoms with Crippen LogP contribution in [0.2, 0.25) is 0 Å². The zero-order valence-electron chi connectivity index (χ0n) is 14.0. The molecule has 3 rings (SSSR count). The standard InChI is InChI=1S/C17H21NO5/c1-11(2)16-15(14(19)20-4,13-9-7-6-8-10-13)23-17(16,21-5)22-12(3)18-16/h6-11H,1-5H3/t15-,16+,17+/m0/s1. The second-order valence-electron chi connectivity index (χ2n) is 6.06. The number of carbonyl (C=O) groups excluding carboxylic acids is 1. The van der Waals surface area contributed by atoms with Crippen LogP contribution in [-0.2, 0) is 29.3 Å². The lowest BCUT2D eigenvalue weighted by Crippen LogP contribution is -2.82. The van der Waals surface area contributed by atoms with E-state index in [1.807, 2.05) is 44.2 Å². The molecule has 1 fully saturated rings. The van der Waals surface area contributed by atoms with Crippen LogP contribution in [-0.4, -0.2) is 37.6 Å². The van der Waals surface area contributed by atoms with Crippen LogP contribution >= 0.6 is 0 Å². The Labute approximate surface area is 135 Å². The summed E-state index contributed by atoms with van der Waals surface area (Å²) in [5.74, 6) is -1.63. The molecule has 0 aromatic heterocycles. The number of methoxy groups -OCH3 is 2. The molecule has 0 N–H and O–H groups in total. The molecular weight excluding hydrogens is 298 g/mol. The van der Waals surface area contributed by atoms with Crippen molar-refractivity contribution in [1.29, 1.82) is 0 Å². The van der Waals surface area contributed by atoms with Crippen LogP contribution in [0.25, 0.3) is 0 Å². The van der Waals surface area contributed by atoms with E-state index in [1.54, 1.807) is 6.92 Å². The average Bonchev–Trinajstić information content (AvgIpc) is 2.79. The van der Waals surface area contributed by atoms with Crippen molar-refractivity contribution in [3.05, 3.63) is 35.9 Å². The molecular formula is C17H21NO5. The van der Waals surface area contributed by atoms with E-state index in [2.05, 4.69) is 4.99 Å². The minimum atomic E-state index is -1.42. The minimum Gasteiger partial charge on any atom is -0.467 e. The fourth-order valence-corrected chi connectivity index (χ4v) is 3.78. The molecule has 0 bridgehead atoms. The Hall–Kier alpha value is -1.92. The Morgan fingerprint density at radius 1 is 1.22 bits per heavy atom. The molecule has 1 aromatic rings. The maximum absolute atomic E-state index is 12.8. The third-order valence-corrected chi connectivity index (χ3v) is 4.66. The molecule has 0 unspecified atom stereocenters. The number of aliphatic imine (C=N–C) groups is 1. The van der Waals surface area contributed by atoms with Gasteiger partial charge in [-0.15, -0.1) is 0 Å². The van der Waals surface area contributed by atoms with Crippen molar-refractivity contribution in [2.24, 2.45) is 10.9 Å². The van der Waals surface area contributed by atoms with Crippen LogP contribution in [0.1, 0.15) is 26.3 Å². The van der Waals surface area contributed by atoms with Gasteiger partial charge in [0.15, 0.2) is 5.90 Å². The maximum Gasteiger partial charge on any atom is 0.360 e. The molecule has 6 nitrogen and oxygen atoms in total. The van der Waals surface area contributed by atoms with E-state index in [0.717, 1.165) is 0 Å². The summed E-state index contributed by atoms with van der Waals surface area (Å²) in [6.07, 6.45) is 0. The molecule has 0 radical (unpaired) electrons. The first kappa shape index (κ1) is 16.0. The Morgan fingerprint density at radius 2 is 1.87 bits per heavy atom. The number of nitrogens with zero attached hydrogens (tertiary/aromatic N) is 1. The summed E-state index contributed by atoms with van der Waals surface area (Å²) in [7, 11) is 2.82. The molecule has 3 atom stereocenters. The Bertz CT molecular complexity index is 658. The van der Waals surface area contributed by atoms with Crippen LogP contribution in [0.4, 0.5) is 0 Å². The molecule has 2 aliphatic heterocycles. The van der Waals surface area contributed by atoms with Gasteiger partial charge in [0, 0.05) is 14.0 Å². The van der Waals surface area contributed by atoms with Gasteiger partial charge in [0.1, 0.15) is 0 Å². The van der Waals surface area contributed by atoms with Gasteiger partial charge < -0.3 is 14.2 Å². The fraction of sp³-hybridized carbons (Fsp3) is 0.529.